The first-order chi connectivity index (χ1) is 17.7. The SMILES string of the molecule is Brc1c(-c2c(I)c(Cc3ccccc3)cc3ccccc23)c(Cc2ccccc2)cc2ccccc12. The van der Waals surface area contributed by atoms with Crippen LogP contribution in [0.4, 0.5) is 0 Å². The molecule has 0 unspecified atom stereocenters. The molecule has 0 nitrogen and oxygen atoms in total. The number of hydrogen-bond donors (Lipinski definition) is 0. The molecule has 0 bridgehead atoms. The predicted molar refractivity (Wildman–Crippen MR) is 166 cm³/mol. The molecule has 174 valence electrons. The third-order valence-electron chi connectivity index (χ3n) is 6.85. The van der Waals surface area contributed by atoms with E-state index in [4.69, 9.17) is 0 Å². The summed E-state index contributed by atoms with van der Waals surface area (Å²) in [7, 11) is 0. The number of fused-ring (bicyclic) bond motifs is 2. The maximum absolute atomic E-state index is 4.09. The van der Waals surface area contributed by atoms with Gasteiger partial charge in [0.15, 0.2) is 0 Å². The lowest BCUT2D eigenvalue weighted by molar-refractivity contribution is 1.18. The van der Waals surface area contributed by atoms with Gasteiger partial charge in [0.1, 0.15) is 0 Å². The monoisotopic (exact) mass is 638 g/mol. The molecule has 6 aromatic rings. The molecule has 0 radical (unpaired) electrons. The van der Waals surface area contributed by atoms with Crippen molar-refractivity contribution in [3.63, 3.8) is 0 Å². The van der Waals surface area contributed by atoms with Gasteiger partial charge in [0.05, 0.1) is 0 Å². The quantitative estimate of drug-likeness (QED) is 0.165. The Morgan fingerprint density at radius 2 is 0.972 bits per heavy atom. The second kappa shape index (κ2) is 10.2. The van der Waals surface area contributed by atoms with Crippen molar-refractivity contribution < 1.29 is 0 Å². The zero-order valence-corrected chi connectivity index (χ0v) is 23.5. The molecule has 6 rings (SSSR count). The molecule has 0 saturated carbocycles. The topological polar surface area (TPSA) is 0 Å². The first kappa shape index (κ1) is 23.4. The predicted octanol–water partition coefficient (Wildman–Crippen LogP) is 10.2. The Morgan fingerprint density at radius 1 is 0.500 bits per heavy atom. The highest BCUT2D eigenvalue weighted by Crippen LogP contribution is 2.44. The minimum atomic E-state index is 0.882. The Hall–Kier alpha value is -2.95. The molecule has 36 heavy (non-hydrogen) atoms. The van der Waals surface area contributed by atoms with Crippen molar-refractivity contribution in [2.75, 3.05) is 0 Å². The molecule has 0 spiro atoms. The molecule has 0 heterocycles. The minimum Gasteiger partial charge on any atom is -0.0622 e. The summed E-state index contributed by atoms with van der Waals surface area (Å²) in [6.45, 7) is 0. The van der Waals surface area contributed by atoms with Gasteiger partial charge < -0.3 is 0 Å². The first-order valence-corrected chi connectivity index (χ1v) is 14.0. The lowest BCUT2D eigenvalue weighted by Gasteiger charge is -2.21. The fourth-order valence-corrected chi connectivity index (χ4v) is 6.87. The van der Waals surface area contributed by atoms with Gasteiger partial charge in [0.25, 0.3) is 0 Å². The van der Waals surface area contributed by atoms with Crippen molar-refractivity contribution >= 4 is 60.1 Å². The smallest absolute Gasteiger partial charge is 0.0335 e. The van der Waals surface area contributed by atoms with Crippen molar-refractivity contribution in [3.05, 3.63) is 152 Å². The van der Waals surface area contributed by atoms with Gasteiger partial charge in [-0.3, -0.25) is 0 Å². The van der Waals surface area contributed by atoms with Crippen LogP contribution in [0.3, 0.4) is 0 Å². The van der Waals surface area contributed by atoms with Crippen LogP contribution in [0, 0.1) is 3.57 Å². The number of benzene rings is 6. The third-order valence-corrected chi connectivity index (χ3v) is 8.91. The Morgan fingerprint density at radius 3 is 1.61 bits per heavy atom. The van der Waals surface area contributed by atoms with E-state index in [2.05, 4.69) is 160 Å². The van der Waals surface area contributed by atoms with Crippen LogP contribution < -0.4 is 0 Å². The van der Waals surface area contributed by atoms with Crippen LogP contribution >= 0.6 is 38.5 Å². The van der Waals surface area contributed by atoms with Crippen molar-refractivity contribution in [2.45, 2.75) is 12.8 Å². The highest BCUT2D eigenvalue weighted by Gasteiger charge is 2.21. The Labute approximate surface area is 234 Å². The summed E-state index contributed by atoms with van der Waals surface area (Å²) in [4.78, 5) is 0. The molecule has 0 atom stereocenters. The summed E-state index contributed by atoms with van der Waals surface area (Å²) in [5.41, 5.74) is 7.98. The van der Waals surface area contributed by atoms with Crippen LogP contribution in [0.2, 0.25) is 0 Å². The van der Waals surface area contributed by atoms with Crippen molar-refractivity contribution in [1.29, 1.82) is 0 Å². The Balaban J connectivity index is 1.66. The van der Waals surface area contributed by atoms with E-state index in [0.29, 0.717) is 0 Å². The van der Waals surface area contributed by atoms with Crippen LogP contribution in [-0.4, -0.2) is 0 Å². The highest BCUT2D eigenvalue weighted by atomic mass is 127. The second-order valence-electron chi connectivity index (χ2n) is 9.22. The summed E-state index contributed by atoms with van der Waals surface area (Å²) >= 11 is 6.68. The van der Waals surface area contributed by atoms with Gasteiger partial charge >= 0.3 is 0 Å². The molecule has 0 aliphatic rings. The van der Waals surface area contributed by atoms with E-state index in [1.165, 1.54) is 63.0 Å². The lowest BCUT2D eigenvalue weighted by Crippen LogP contribution is -2.01. The average Bonchev–Trinajstić information content (AvgIpc) is 2.91. The molecule has 0 aliphatic carbocycles. The van der Waals surface area contributed by atoms with Crippen LogP contribution in [0.5, 0.6) is 0 Å². The van der Waals surface area contributed by atoms with Gasteiger partial charge in [-0.15, -0.1) is 0 Å². The van der Waals surface area contributed by atoms with Gasteiger partial charge in [0, 0.05) is 19.2 Å². The van der Waals surface area contributed by atoms with Crippen LogP contribution in [-0.2, 0) is 12.8 Å². The normalized spacial score (nSPS) is 11.3. The minimum absolute atomic E-state index is 0.882. The summed E-state index contributed by atoms with van der Waals surface area (Å²) < 4.78 is 2.49. The van der Waals surface area contributed by atoms with Crippen molar-refractivity contribution in [3.8, 4) is 11.1 Å². The van der Waals surface area contributed by atoms with Crippen LogP contribution in [0.1, 0.15) is 22.3 Å². The standard InChI is InChI=1S/C34H24BrI/c35-33-30-18-10-8-16-26(30)21-27(19-23-11-3-1-4-12-23)31(33)32-29-17-9-7-15-25(29)22-28(34(32)36)20-24-13-5-2-6-14-24/h1-18,21-22H,19-20H2. The average molecular weight is 639 g/mol. The molecular formula is C34H24BrI. The maximum atomic E-state index is 4.09. The van der Waals surface area contributed by atoms with Crippen molar-refractivity contribution in [1.82, 2.24) is 0 Å². The maximum Gasteiger partial charge on any atom is 0.0335 e. The van der Waals surface area contributed by atoms with Gasteiger partial charge in [-0.1, -0.05) is 115 Å². The third kappa shape index (κ3) is 4.49. The fourth-order valence-electron chi connectivity index (χ4n) is 5.15. The van der Waals surface area contributed by atoms with Crippen LogP contribution in [0.15, 0.2) is 126 Å². The lowest BCUT2D eigenvalue weighted by atomic mass is 9.87. The summed E-state index contributed by atoms with van der Waals surface area (Å²) in [6.07, 6.45) is 1.79. The van der Waals surface area contributed by atoms with E-state index in [1.54, 1.807) is 0 Å². The van der Waals surface area contributed by atoms with Gasteiger partial charge in [-0.2, -0.15) is 0 Å². The van der Waals surface area contributed by atoms with Gasteiger partial charge in [-0.05, 0) is 101 Å². The largest absolute Gasteiger partial charge is 0.0622 e. The molecular weight excluding hydrogens is 615 g/mol. The summed E-state index contributed by atoms with van der Waals surface area (Å²) in [6, 6.07) is 43.8. The first-order valence-electron chi connectivity index (χ1n) is 12.2. The Bertz CT molecular complexity index is 1690. The molecule has 0 saturated heterocycles. The van der Waals surface area contributed by atoms with E-state index in [0.717, 1.165) is 12.8 Å². The molecule has 0 fully saturated rings. The second-order valence-corrected chi connectivity index (χ2v) is 11.1. The molecule has 0 aliphatic heterocycles. The zero-order valence-electron chi connectivity index (χ0n) is 19.7. The Kier molecular flexibility index (Phi) is 6.64. The highest BCUT2D eigenvalue weighted by molar-refractivity contribution is 14.1. The van der Waals surface area contributed by atoms with E-state index in [-0.39, 0.29) is 0 Å². The molecule has 0 aromatic heterocycles. The van der Waals surface area contributed by atoms with E-state index in [9.17, 15) is 0 Å². The number of halogens is 2. The van der Waals surface area contributed by atoms with E-state index < -0.39 is 0 Å². The van der Waals surface area contributed by atoms with E-state index >= 15 is 0 Å². The summed E-state index contributed by atoms with van der Waals surface area (Å²) in [5, 5.41) is 5.09. The molecule has 6 aromatic carbocycles. The van der Waals surface area contributed by atoms with E-state index in [1.807, 2.05) is 0 Å². The zero-order chi connectivity index (χ0) is 24.5. The molecule has 2 heteroatoms. The summed E-state index contributed by atoms with van der Waals surface area (Å²) in [5.74, 6) is 0. The van der Waals surface area contributed by atoms with Gasteiger partial charge in [0.2, 0.25) is 0 Å². The molecule has 0 amide bonds. The number of rotatable bonds is 5. The fraction of sp³-hybridized carbons (Fsp3) is 0.0588. The van der Waals surface area contributed by atoms with Gasteiger partial charge in [-0.25, -0.2) is 0 Å². The number of hydrogen-bond acceptors (Lipinski definition) is 0. The molecule has 0 N–H and O–H groups in total. The van der Waals surface area contributed by atoms with Crippen molar-refractivity contribution in [2.24, 2.45) is 0 Å². The van der Waals surface area contributed by atoms with Crippen LogP contribution in [0.25, 0.3) is 32.7 Å².